The number of nitrogens with one attached hydrogen (secondary N) is 2. The molecule has 1 saturated carbocycles. The normalized spacial score (nSPS) is 20.3. The predicted octanol–water partition coefficient (Wildman–Crippen LogP) is 2.97. The molecule has 0 unspecified atom stereocenters. The summed E-state index contributed by atoms with van der Waals surface area (Å²) < 4.78 is 4.24. The van der Waals surface area contributed by atoms with Gasteiger partial charge < -0.3 is 10.4 Å². The SMILES string of the molecule is O=C(Nc1nc(-c2ccccc2)ns1)NC1CCC(C(=O)O)CC1. The highest BCUT2D eigenvalue weighted by Gasteiger charge is 2.26. The Hall–Kier alpha value is -2.48. The maximum absolute atomic E-state index is 12.0. The van der Waals surface area contributed by atoms with Crippen molar-refractivity contribution in [3.8, 4) is 11.4 Å². The summed E-state index contributed by atoms with van der Waals surface area (Å²) in [4.78, 5) is 27.3. The largest absolute Gasteiger partial charge is 0.481 e. The van der Waals surface area contributed by atoms with E-state index in [1.165, 1.54) is 0 Å². The molecule has 1 aromatic heterocycles. The minimum atomic E-state index is -0.750. The van der Waals surface area contributed by atoms with Crippen molar-refractivity contribution in [2.75, 3.05) is 5.32 Å². The minimum absolute atomic E-state index is 0.00196. The lowest BCUT2D eigenvalue weighted by Crippen LogP contribution is -2.40. The van der Waals surface area contributed by atoms with Crippen molar-refractivity contribution in [2.24, 2.45) is 5.92 Å². The third-order valence-electron chi connectivity index (χ3n) is 4.09. The molecule has 0 atom stereocenters. The Morgan fingerprint density at radius 2 is 1.83 bits per heavy atom. The molecule has 0 bridgehead atoms. The molecule has 7 nitrogen and oxygen atoms in total. The van der Waals surface area contributed by atoms with Crippen molar-refractivity contribution in [1.29, 1.82) is 0 Å². The second-order valence-electron chi connectivity index (χ2n) is 5.77. The van der Waals surface area contributed by atoms with Crippen molar-refractivity contribution in [1.82, 2.24) is 14.7 Å². The lowest BCUT2D eigenvalue weighted by atomic mass is 9.86. The van der Waals surface area contributed by atoms with Crippen LogP contribution in [-0.2, 0) is 4.79 Å². The van der Waals surface area contributed by atoms with Crippen LogP contribution in [-0.4, -0.2) is 32.5 Å². The molecule has 8 heteroatoms. The summed E-state index contributed by atoms with van der Waals surface area (Å²) in [5, 5.41) is 15.0. The Bertz CT molecular complexity index is 711. The van der Waals surface area contributed by atoms with Crippen molar-refractivity contribution >= 4 is 28.7 Å². The first kappa shape index (κ1) is 16.4. The summed E-state index contributed by atoms with van der Waals surface area (Å²) >= 11 is 1.13. The maximum Gasteiger partial charge on any atom is 0.321 e. The topological polar surface area (TPSA) is 104 Å². The standard InChI is InChI=1S/C16H18N4O3S/c21-14(22)11-6-8-12(9-7-11)17-15(23)19-16-18-13(20-24-16)10-4-2-1-3-5-10/h1-5,11-12H,6-9H2,(H,21,22)(H2,17,18,19,20,23). The van der Waals surface area contributed by atoms with Crippen molar-refractivity contribution in [3.05, 3.63) is 30.3 Å². The van der Waals surface area contributed by atoms with E-state index in [4.69, 9.17) is 5.11 Å². The van der Waals surface area contributed by atoms with Gasteiger partial charge in [0.15, 0.2) is 5.82 Å². The zero-order valence-electron chi connectivity index (χ0n) is 12.9. The summed E-state index contributed by atoms with van der Waals surface area (Å²) in [6, 6.07) is 9.22. The number of carboxylic acids is 1. The van der Waals surface area contributed by atoms with Crippen molar-refractivity contribution in [2.45, 2.75) is 31.7 Å². The molecular weight excluding hydrogens is 328 g/mol. The minimum Gasteiger partial charge on any atom is -0.481 e. The van der Waals surface area contributed by atoms with E-state index in [2.05, 4.69) is 20.0 Å². The summed E-state index contributed by atoms with van der Waals surface area (Å²) in [7, 11) is 0. The molecule has 1 heterocycles. The summed E-state index contributed by atoms with van der Waals surface area (Å²) in [6.07, 6.45) is 2.54. The quantitative estimate of drug-likeness (QED) is 0.789. The molecule has 1 fully saturated rings. The first-order chi connectivity index (χ1) is 11.6. The van der Waals surface area contributed by atoms with Gasteiger partial charge in [0.05, 0.1) is 5.92 Å². The lowest BCUT2D eigenvalue weighted by Gasteiger charge is -2.26. The molecule has 0 aliphatic heterocycles. The highest BCUT2D eigenvalue weighted by atomic mass is 32.1. The number of aromatic nitrogens is 2. The molecule has 1 aliphatic rings. The Kier molecular flexibility index (Phi) is 5.05. The van der Waals surface area contributed by atoms with Crippen LogP contribution in [0, 0.1) is 5.92 Å². The van der Waals surface area contributed by atoms with Gasteiger partial charge in [0, 0.05) is 23.1 Å². The predicted molar refractivity (Wildman–Crippen MR) is 90.9 cm³/mol. The smallest absolute Gasteiger partial charge is 0.321 e. The molecule has 24 heavy (non-hydrogen) atoms. The molecule has 126 valence electrons. The van der Waals surface area contributed by atoms with Crippen LogP contribution >= 0.6 is 11.5 Å². The number of rotatable bonds is 4. The first-order valence-electron chi connectivity index (χ1n) is 7.81. The molecule has 0 radical (unpaired) electrons. The van der Waals surface area contributed by atoms with Crippen LogP contribution in [0.3, 0.4) is 0 Å². The zero-order chi connectivity index (χ0) is 16.9. The van der Waals surface area contributed by atoms with Gasteiger partial charge in [-0.3, -0.25) is 10.1 Å². The van der Waals surface area contributed by atoms with Gasteiger partial charge in [0.25, 0.3) is 0 Å². The number of aliphatic carboxylic acids is 1. The second-order valence-corrected chi connectivity index (χ2v) is 6.53. The van der Waals surface area contributed by atoms with Crippen LogP contribution < -0.4 is 10.6 Å². The number of benzene rings is 1. The van der Waals surface area contributed by atoms with Gasteiger partial charge in [0.1, 0.15) is 0 Å². The van der Waals surface area contributed by atoms with E-state index >= 15 is 0 Å². The maximum atomic E-state index is 12.0. The van der Waals surface area contributed by atoms with E-state index in [1.807, 2.05) is 30.3 Å². The van der Waals surface area contributed by atoms with Gasteiger partial charge in [-0.2, -0.15) is 9.36 Å². The molecular formula is C16H18N4O3S. The highest BCUT2D eigenvalue weighted by Crippen LogP contribution is 2.25. The van der Waals surface area contributed by atoms with Gasteiger partial charge in [0.2, 0.25) is 5.13 Å². The van der Waals surface area contributed by atoms with Crippen LogP contribution in [0.5, 0.6) is 0 Å². The fourth-order valence-electron chi connectivity index (χ4n) is 2.78. The Balaban J connectivity index is 1.51. The number of hydrogen-bond donors (Lipinski definition) is 3. The number of amides is 2. The summed E-state index contributed by atoms with van der Waals surface area (Å²) in [5.74, 6) is -0.458. The van der Waals surface area contributed by atoms with Gasteiger partial charge in [-0.05, 0) is 25.7 Å². The average molecular weight is 346 g/mol. The van der Waals surface area contributed by atoms with E-state index in [9.17, 15) is 9.59 Å². The number of nitrogens with zero attached hydrogens (tertiary/aromatic N) is 2. The molecule has 3 rings (SSSR count). The molecule has 1 aliphatic carbocycles. The Labute approximate surface area is 143 Å². The zero-order valence-corrected chi connectivity index (χ0v) is 13.8. The van der Waals surface area contributed by atoms with Crippen molar-refractivity contribution < 1.29 is 14.7 Å². The second kappa shape index (κ2) is 7.39. The van der Waals surface area contributed by atoms with Gasteiger partial charge in [-0.1, -0.05) is 30.3 Å². The monoisotopic (exact) mass is 346 g/mol. The number of hydrogen-bond acceptors (Lipinski definition) is 5. The van der Waals surface area contributed by atoms with Gasteiger partial charge in [-0.25, -0.2) is 4.79 Å². The Morgan fingerprint density at radius 3 is 2.50 bits per heavy atom. The number of carbonyl (C=O) groups is 2. The van der Waals surface area contributed by atoms with E-state index in [-0.39, 0.29) is 18.0 Å². The molecule has 2 aromatic rings. The van der Waals surface area contributed by atoms with Crippen LogP contribution in [0.1, 0.15) is 25.7 Å². The molecule has 3 N–H and O–H groups in total. The third-order valence-corrected chi connectivity index (χ3v) is 4.72. The van der Waals surface area contributed by atoms with E-state index in [0.717, 1.165) is 17.1 Å². The summed E-state index contributed by atoms with van der Waals surface area (Å²) in [6.45, 7) is 0. The van der Waals surface area contributed by atoms with Crippen LogP contribution in [0.4, 0.5) is 9.93 Å². The van der Waals surface area contributed by atoms with E-state index in [1.54, 1.807) is 0 Å². The number of carbonyl (C=O) groups excluding carboxylic acids is 1. The fourth-order valence-corrected chi connectivity index (χ4v) is 3.37. The van der Waals surface area contributed by atoms with Crippen LogP contribution in [0.2, 0.25) is 0 Å². The number of carboxylic acid groups (broad SMARTS) is 1. The van der Waals surface area contributed by atoms with Crippen LogP contribution in [0.25, 0.3) is 11.4 Å². The van der Waals surface area contributed by atoms with E-state index in [0.29, 0.717) is 36.6 Å². The molecule has 0 spiro atoms. The molecule has 2 amide bonds. The molecule has 0 saturated heterocycles. The highest BCUT2D eigenvalue weighted by molar-refractivity contribution is 7.10. The number of anilines is 1. The Morgan fingerprint density at radius 1 is 1.12 bits per heavy atom. The average Bonchev–Trinajstić information content (AvgIpc) is 3.04. The lowest BCUT2D eigenvalue weighted by molar-refractivity contribution is -0.142. The van der Waals surface area contributed by atoms with Crippen molar-refractivity contribution in [3.63, 3.8) is 0 Å². The summed E-state index contributed by atoms with van der Waals surface area (Å²) in [5.41, 5.74) is 0.897. The molecule has 1 aromatic carbocycles. The fraction of sp³-hybridized carbons (Fsp3) is 0.375. The first-order valence-corrected chi connectivity index (χ1v) is 8.58. The van der Waals surface area contributed by atoms with Crippen LogP contribution in [0.15, 0.2) is 30.3 Å². The van der Waals surface area contributed by atoms with E-state index < -0.39 is 5.97 Å². The third kappa shape index (κ3) is 4.08. The van der Waals surface area contributed by atoms with Gasteiger partial charge >= 0.3 is 12.0 Å². The van der Waals surface area contributed by atoms with Gasteiger partial charge in [-0.15, -0.1) is 0 Å². The number of urea groups is 1.